The van der Waals surface area contributed by atoms with Gasteiger partial charge < -0.3 is 4.79 Å². The highest BCUT2D eigenvalue weighted by Gasteiger charge is 2.05. The SMILES string of the molecule is CCc1cnnn1CCCC(C=O)CC. The average Bonchev–Trinajstić information content (AvgIpc) is 2.72. The van der Waals surface area contributed by atoms with E-state index in [2.05, 4.69) is 17.2 Å². The lowest BCUT2D eigenvalue weighted by Gasteiger charge is -2.07. The molecule has 0 saturated heterocycles. The standard InChI is InChI=1S/C11H19N3O/c1-3-10(9-15)6-5-7-14-11(4-2)8-12-13-14/h8-10H,3-7H2,1-2H3. The number of aldehydes is 1. The molecule has 1 atom stereocenters. The van der Waals surface area contributed by atoms with E-state index in [9.17, 15) is 4.79 Å². The van der Waals surface area contributed by atoms with Crippen LogP contribution in [0.1, 0.15) is 38.8 Å². The van der Waals surface area contributed by atoms with E-state index < -0.39 is 0 Å². The molecule has 0 aliphatic carbocycles. The summed E-state index contributed by atoms with van der Waals surface area (Å²) in [7, 11) is 0. The first kappa shape index (κ1) is 11.9. The van der Waals surface area contributed by atoms with Crippen LogP contribution in [0.25, 0.3) is 0 Å². The second-order valence-electron chi connectivity index (χ2n) is 3.75. The summed E-state index contributed by atoms with van der Waals surface area (Å²) in [5, 5.41) is 7.89. The van der Waals surface area contributed by atoms with E-state index in [1.807, 2.05) is 11.6 Å². The number of rotatable bonds is 7. The van der Waals surface area contributed by atoms with Crippen LogP contribution in [0, 0.1) is 5.92 Å². The van der Waals surface area contributed by atoms with Crippen LogP contribution in [0.15, 0.2) is 6.20 Å². The Labute approximate surface area is 90.7 Å². The van der Waals surface area contributed by atoms with Gasteiger partial charge in [-0.3, -0.25) is 0 Å². The van der Waals surface area contributed by atoms with Crippen molar-refractivity contribution >= 4 is 6.29 Å². The molecule has 0 bridgehead atoms. The topological polar surface area (TPSA) is 47.8 Å². The zero-order chi connectivity index (χ0) is 11.1. The van der Waals surface area contributed by atoms with Gasteiger partial charge in [-0.25, -0.2) is 4.68 Å². The third-order valence-corrected chi connectivity index (χ3v) is 2.72. The lowest BCUT2D eigenvalue weighted by molar-refractivity contribution is -0.111. The molecule has 0 spiro atoms. The molecule has 0 fully saturated rings. The van der Waals surface area contributed by atoms with Crippen LogP contribution < -0.4 is 0 Å². The van der Waals surface area contributed by atoms with Gasteiger partial charge in [-0.2, -0.15) is 0 Å². The van der Waals surface area contributed by atoms with Crippen molar-refractivity contribution in [2.24, 2.45) is 5.92 Å². The number of carbonyl (C=O) groups excluding carboxylic acids is 1. The summed E-state index contributed by atoms with van der Waals surface area (Å²) in [4.78, 5) is 10.6. The van der Waals surface area contributed by atoms with Crippen molar-refractivity contribution in [3.8, 4) is 0 Å². The van der Waals surface area contributed by atoms with Crippen LogP contribution in [0.4, 0.5) is 0 Å². The molecular weight excluding hydrogens is 190 g/mol. The van der Waals surface area contributed by atoms with Crippen molar-refractivity contribution < 1.29 is 4.79 Å². The first-order valence-electron chi connectivity index (χ1n) is 5.64. The fourth-order valence-electron chi connectivity index (χ4n) is 1.61. The Kier molecular flexibility index (Phi) is 5.01. The van der Waals surface area contributed by atoms with Gasteiger partial charge in [0.15, 0.2) is 0 Å². The molecule has 4 nitrogen and oxygen atoms in total. The van der Waals surface area contributed by atoms with Crippen molar-refractivity contribution in [3.63, 3.8) is 0 Å². The average molecular weight is 209 g/mol. The van der Waals surface area contributed by atoms with Gasteiger partial charge >= 0.3 is 0 Å². The Morgan fingerprint density at radius 2 is 2.33 bits per heavy atom. The Balaban J connectivity index is 2.34. The van der Waals surface area contributed by atoms with Crippen molar-refractivity contribution in [3.05, 3.63) is 11.9 Å². The van der Waals surface area contributed by atoms with Crippen LogP contribution in [0.2, 0.25) is 0 Å². The molecule has 0 N–H and O–H groups in total. The first-order valence-corrected chi connectivity index (χ1v) is 5.64. The van der Waals surface area contributed by atoms with Gasteiger partial charge in [0.25, 0.3) is 0 Å². The molecular formula is C11H19N3O. The van der Waals surface area contributed by atoms with Gasteiger partial charge in [0.1, 0.15) is 6.29 Å². The Morgan fingerprint density at radius 1 is 1.53 bits per heavy atom. The maximum atomic E-state index is 10.6. The van der Waals surface area contributed by atoms with E-state index in [-0.39, 0.29) is 5.92 Å². The van der Waals surface area contributed by atoms with Gasteiger partial charge in [0, 0.05) is 12.5 Å². The molecule has 4 heteroatoms. The van der Waals surface area contributed by atoms with Crippen LogP contribution >= 0.6 is 0 Å². The highest BCUT2D eigenvalue weighted by atomic mass is 16.1. The molecule has 1 aromatic heterocycles. The van der Waals surface area contributed by atoms with Crippen molar-refractivity contribution in [1.82, 2.24) is 15.0 Å². The monoisotopic (exact) mass is 209 g/mol. The maximum Gasteiger partial charge on any atom is 0.123 e. The number of aromatic nitrogens is 3. The highest BCUT2D eigenvalue weighted by molar-refractivity contribution is 5.53. The van der Waals surface area contributed by atoms with Gasteiger partial charge in [-0.05, 0) is 25.7 Å². The molecule has 0 radical (unpaired) electrons. The number of carbonyl (C=O) groups is 1. The molecule has 84 valence electrons. The molecule has 1 aromatic rings. The normalized spacial score (nSPS) is 12.7. The van der Waals surface area contributed by atoms with E-state index in [1.54, 1.807) is 6.20 Å². The molecule has 0 amide bonds. The second kappa shape index (κ2) is 6.32. The van der Waals surface area contributed by atoms with Gasteiger partial charge in [-0.1, -0.05) is 19.1 Å². The fraction of sp³-hybridized carbons (Fsp3) is 0.727. The molecule has 0 saturated carbocycles. The minimum atomic E-state index is 0.207. The van der Waals surface area contributed by atoms with E-state index in [0.717, 1.165) is 44.2 Å². The van der Waals surface area contributed by atoms with Crippen molar-refractivity contribution in [2.45, 2.75) is 46.1 Å². The predicted molar refractivity (Wildman–Crippen MR) is 58.5 cm³/mol. The van der Waals surface area contributed by atoms with Crippen LogP contribution in [-0.2, 0) is 17.8 Å². The van der Waals surface area contributed by atoms with Crippen molar-refractivity contribution in [1.29, 1.82) is 0 Å². The number of nitrogens with zero attached hydrogens (tertiary/aromatic N) is 3. The third kappa shape index (κ3) is 3.46. The van der Waals surface area contributed by atoms with Crippen LogP contribution in [0.3, 0.4) is 0 Å². The molecule has 0 aromatic carbocycles. The zero-order valence-electron chi connectivity index (χ0n) is 9.52. The summed E-state index contributed by atoms with van der Waals surface area (Å²) in [6.07, 6.45) is 6.69. The molecule has 15 heavy (non-hydrogen) atoms. The van der Waals surface area contributed by atoms with Gasteiger partial charge in [0.05, 0.1) is 11.9 Å². The molecule has 0 aliphatic heterocycles. The number of hydrogen-bond donors (Lipinski definition) is 0. The summed E-state index contributed by atoms with van der Waals surface area (Å²) in [5.41, 5.74) is 1.16. The fourth-order valence-corrected chi connectivity index (χ4v) is 1.61. The van der Waals surface area contributed by atoms with E-state index in [4.69, 9.17) is 0 Å². The minimum absolute atomic E-state index is 0.207. The molecule has 0 aliphatic rings. The zero-order valence-corrected chi connectivity index (χ0v) is 9.52. The number of aryl methyl sites for hydroxylation is 2. The van der Waals surface area contributed by atoms with Crippen LogP contribution in [0.5, 0.6) is 0 Å². The predicted octanol–water partition coefficient (Wildman–Crippen LogP) is 1.85. The van der Waals surface area contributed by atoms with E-state index in [1.165, 1.54) is 0 Å². The Morgan fingerprint density at radius 3 is 2.93 bits per heavy atom. The summed E-state index contributed by atoms with van der Waals surface area (Å²) in [6, 6.07) is 0. The Hall–Kier alpha value is -1.19. The third-order valence-electron chi connectivity index (χ3n) is 2.72. The lowest BCUT2D eigenvalue weighted by Crippen LogP contribution is -2.07. The highest BCUT2D eigenvalue weighted by Crippen LogP contribution is 2.09. The molecule has 1 rings (SSSR count). The maximum absolute atomic E-state index is 10.6. The second-order valence-corrected chi connectivity index (χ2v) is 3.75. The summed E-state index contributed by atoms with van der Waals surface area (Å²) >= 11 is 0. The molecule has 1 heterocycles. The van der Waals surface area contributed by atoms with E-state index in [0.29, 0.717) is 0 Å². The smallest absolute Gasteiger partial charge is 0.123 e. The minimum Gasteiger partial charge on any atom is -0.303 e. The Bertz CT molecular complexity index is 296. The summed E-state index contributed by atoms with van der Waals surface area (Å²) in [5.74, 6) is 0.207. The first-order chi connectivity index (χ1) is 7.31. The largest absolute Gasteiger partial charge is 0.303 e. The van der Waals surface area contributed by atoms with E-state index >= 15 is 0 Å². The quantitative estimate of drug-likeness (QED) is 0.644. The lowest BCUT2D eigenvalue weighted by atomic mass is 10.0. The summed E-state index contributed by atoms with van der Waals surface area (Å²) in [6.45, 7) is 5.01. The number of hydrogen-bond acceptors (Lipinski definition) is 3. The van der Waals surface area contributed by atoms with Crippen molar-refractivity contribution in [2.75, 3.05) is 0 Å². The van der Waals surface area contributed by atoms with Crippen LogP contribution in [-0.4, -0.2) is 21.3 Å². The molecule has 1 unspecified atom stereocenters. The van der Waals surface area contributed by atoms with Gasteiger partial charge in [0.2, 0.25) is 0 Å². The summed E-state index contributed by atoms with van der Waals surface area (Å²) < 4.78 is 1.93. The van der Waals surface area contributed by atoms with Gasteiger partial charge in [-0.15, -0.1) is 5.10 Å².